The van der Waals surface area contributed by atoms with E-state index in [1.807, 2.05) is 26.0 Å². The molecule has 1 saturated carbocycles. The summed E-state index contributed by atoms with van der Waals surface area (Å²) in [6.07, 6.45) is 0.510. The first-order chi connectivity index (χ1) is 12.4. The number of carbonyl (C=O) groups is 2. The van der Waals surface area contributed by atoms with Gasteiger partial charge in [-0.1, -0.05) is 17.7 Å². The van der Waals surface area contributed by atoms with Gasteiger partial charge in [0.05, 0.1) is 34.2 Å². The maximum absolute atomic E-state index is 12.4. The fourth-order valence-electron chi connectivity index (χ4n) is 2.93. The van der Waals surface area contributed by atoms with Crippen LogP contribution in [-0.2, 0) is 9.59 Å². The zero-order valence-electron chi connectivity index (χ0n) is 14.5. The van der Waals surface area contributed by atoms with Crippen molar-refractivity contribution < 1.29 is 9.59 Å². The number of hydrogen-bond donors (Lipinski definition) is 2. The Balaban J connectivity index is 1.60. The van der Waals surface area contributed by atoms with Crippen LogP contribution in [0.5, 0.6) is 0 Å². The summed E-state index contributed by atoms with van der Waals surface area (Å²) in [4.78, 5) is 24.7. The zero-order chi connectivity index (χ0) is 18.8. The summed E-state index contributed by atoms with van der Waals surface area (Å²) in [6.45, 7) is 3.82. The number of aryl methyl sites for hydroxylation is 2. The summed E-state index contributed by atoms with van der Waals surface area (Å²) in [5, 5.41) is 14.9. The van der Waals surface area contributed by atoms with E-state index in [9.17, 15) is 9.59 Å². The Morgan fingerprint density at radius 2 is 1.69 bits per heavy atom. The monoisotopic (exact) mass is 367 g/mol. The molecule has 0 heterocycles. The molecule has 132 valence electrons. The third-order valence-corrected chi connectivity index (χ3v) is 4.72. The molecule has 2 aromatic rings. The van der Waals surface area contributed by atoms with Crippen molar-refractivity contribution in [2.75, 3.05) is 10.6 Å². The number of rotatable bonds is 4. The molecule has 0 aliphatic heterocycles. The Morgan fingerprint density at radius 1 is 1.08 bits per heavy atom. The number of carbonyl (C=O) groups excluding carboxylic acids is 2. The first-order valence-corrected chi connectivity index (χ1v) is 8.65. The van der Waals surface area contributed by atoms with Gasteiger partial charge in [0.2, 0.25) is 11.8 Å². The highest BCUT2D eigenvalue weighted by Crippen LogP contribution is 2.41. The molecule has 0 aromatic heterocycles. The molecular weight excluding hydrogens is 350 g/mol. The van der Waals surface area contributed by atoms with E-state index in [-0.39, 0.29) is 23.7 Å². The van der Waals surface area contributed by atoms with Crippen LogP contribution in [0.1, 0.15) is 23.1 Å². The van der Waals surface area contributed by atoms with E-state index < -0.39 is 0 Å². The highest BCUT2D eigenvalue weighted by Gasteiger charge is 2.48. The Hall–Kier alpha value is -2.84. The Bertz CT molecular complexity index is 893. The average molecular weight is 368 g/mol. The Labute approximate surface area is 157 Å². The van der Waals surface area contributed by atoms with Crippen LogP contribution in [0.4, 0.5) is 11.4 Å². The average Bonchev–Trinajstić information content (AvgIpc) is 3.39. The molecule has 6 heteroatoms. The first-order valence-electron chi connectivity index (χ1n) is 8.27. The highest BCUT2D eigenvalue weighted by atomic mass is 35.5. The molecule has 3 rings (SSSR count). The minimum absolute atomic E-state index is 0.193. The fraction of sp³-hybridized carbons (Fsp3) is 0.250. The van der Waals surface area contributed by atoms with Gasteiger partial charge in [-0.25, -0.2) is 0 Å². The number of nitriles is 1. The van der Waals surface area contributed by atoms with Crippen LogP contribution >= 0.6 is 11.6 Å². The van der Waals surface area contributed by atoms with Gasteiger partial charge < -0.3 is 10.6 Å². The maximum Gasteiger partial charge on any atom is 0.228 e. The van der Waals surface area contributed by atoms with Gasteiger partial charge in [-0.15, -0.1) is 0 Å². The third kappa shape index (κ3) is 3.87. The van der Waals surface area contributed by atoms with Gasteiger partial charge in [0, 0.05) is 5.69 Å². The van der Waals surface area contributed by atoms with E-state index in [4.69, 9.17) is 16.9 Å². The Morgan fingerprint density at radius 3 is 2.27 bits per heavy atom. The second-order valence-electron chi connectivity index (χ2n) is 6.55. The lowest BCUT2D eigenvalue weighted by molar-refractivity contribution is -0.122. The molecule has 2 amide bonds. The number of amides is 2. The van der Waals surface area contributed by atoms with Crippen molar-refractivity contribution in [3.63, 3.8) is 0 Å². The van der Waals surface area contributed by atoms with Crippen molar-refractivity contribution in [3.05, 3.63) is 58.1 Å². The first kappa shape index (κ1) is 18.0. The van der Waals surface area contributed by atoms with Gasteiger partial charge in [-0.05, 0) is 61.7 Å². The minimum Gasteiger partial charge on any atom is -0.326 e. The molecule has 0 saturated heterocycles. The van der Waals surface area contributed by atoms with Crippen molar-refractivity contribution in [1.82, 2.24) is 0 Å². The summed E-state index contributed by atoms with van der Waals surface area (Å²) in [5.74, 6) is -1.10. The second kappa shape index (κ2) is 7.19. The number of benzene rings is 2. The van der Waals surface area contributed by atoms with Gasteiger partial charge in [-0.3, -0.25) is 9.59 Å². The Kier molecular flexibility index (Phi) is 4.97. The molecule has 2 atom stereocenters. The number of anilines is 2. The highest BCUT2D eigenvalue weighted by molar-refractivity contribution is 6.34. The topological polar surface area (TPSA) is 82.0 Å². The molecular formula is C20H18ClN3O2. The molecule has 2 unspecified atom stereocenters. The van der Waals surface area contributed by atoms with Crippen molar-refractivity contribution in [1.29, 1.82) is 5.26 Å². The molecule has 2 aromatic carbocycles. The molecule has 1 aliphatic carbocycles. The molecule has 0 bridgehead atoms. The van der Waals surface area contributed by atoms with E-state index in [1.54, 1.807) is 30.3 Å². The van der Waals surface area contributed by atoms with Crippen LogP contribution in [0, 0.1) is 37.0 Å². The van der Waals surface area contributed by atoms with E-state index in [1.165, 1.54) is 0 Å². The van der Waals surface area contributed by atoms with Crippen molar-refractivity contribution in [2.45, 2.75) is 20.3 Å². The third-order valence-electron chi connectivity index (χ3n) is 4.43. The lowest BCUT2D eigenvalue weighted by atomic mass is 10.1. The lowest BCUT2D eigenvalue weighted by Gasteiger charge is -2.11. The molecule has 26 heavy (non-hydrogen) atoms. The number of nitrogens with zero attached hydrogens (tertiary/aromatic N) is 1. The van der Waals surface area contributed by atoms with Crippen LogP contribution < -0.4 is 10.6 Å². The largest absolute Gasteiger partial charge is 0.326 e. The molecule has 1 aliphatic rings. The maximum atomic E-state index is 12.4. The van der Waals surface area contributed by atoms with Crippen molar-refractivity contribution in [2.24, 2.45) is 11.8 Å². The minimum atomic E-state index is -0.356. The van der Waals surface area contributed by atoms with Gasteiger partial charge in [0.1, 0.15) is 0 Å². The van der Waals surface area contributed by atoms with Crippen LogP contribution in [-0.4, -0.2) is 11.8 Å². The molecule has 5 nitrogen and oxygen atoms in total. The SMILES string of the molecule is Cc1cc(C)c(NC(=O)C2CC2C(=O)Nc2ccc(C#N)cc2)c(Cl)c1. The fourth-order valence-corrected chi connectivity index (χ4v) is 3.30. The summed E-state index contributed by atoms with van der Waals surface area (Å²) < 4.78 is 0. The summed E-state index contributed by atoms with van der Waals surface area (Å²) >= 11 is 6.22. The van der Waals surface area contributed by atoms with Crippen LogP contribution in [0.3, 0.4) is 0 Å². The predicted molar refractivity (Wildman–Crippen MR) is 101 cm³/mol. The van der Waals surface area contributed by atoms with E-state index in [2.05, 4.69) is 10.6 Å². The van der Waals surface area contributed by atoms with E-state index in [0.717, 1.165) is 11.1 Å². The predicted octanol–water partition coefficient (Wildman–Crippen LogP) is 4.04. The van der Waals surface area contributed by atoms with Crippen molar-refractivity contribution in [3.8, 4) is 6.07 Å². The number of halogens is 1. The van der Waals surface area contributed by atoms with Crippen LogP contribution in [0.25, 0.3) is 0 Å². The number of hydrogen-bond acceptors (Lipinski definition) is 3. The van der Waals surface area contributed by atoms with Crippen LogP contribution in [0.15, 0.2) is 36.4 Å². The van der Waals surface area contributed by atoms with Gasteiger partial charge >= 0.3 is 0 Å². The smallest absolute Gasteiger partial charge is 0.228 e. The molecule has 1 fully saturated rings. The normalized spacial score (nSPS) is 17.9. The molecule has 0 radical (unpaired) electrons. The summed E-state index contributed by atoms with van der Waals surface area (Å²) in [6, 6.07) is 12.4. The van der Waals surface area contributed by atoms with Gasteiger partial charge in [0.15, 0.2) is 0 Å². The summed E-state index contributed by atoms with van der Waals surface area (Å²) in [5.41, 5.74) is 3.65. The summed E-state index contributed by atoms with van der Waals surface area (Å²) in [7, 11) is 0. The number of nitrogens with one attached hydrogen (secondary N) is 2. The molecule has 0 spiro atoms. The standard InChI is InChI=1S/C20H18ClN3O2/c1-11-7-12(2)18(17(21)8-11)24-20(26)16-9-15(16)19(25)23-14-5-3-13(10-22)4-6-14/h3-8,15-16H,9H2,1-2H3,(H,23,25)(H,24,26). The van der Waals surface area contributed by atoms with E-state index >= 15 is 0 Å². The zero-order valence-corrected chi connectivity index (χ0v) is 15.2. The lowest BCUT2D eigenvalue weighted by Crippen LogP contribution is -2.21. The molecule has 2 N–H and O–H groups in total. The second-order valence-corrected chi connectivity index (χ2v) is 6.96. The van der Waals surface area contributed by atoms with Gasteiger partial charge in [0.25, 0.3) is 0 Å². The quantitative estimate of drug-likeness (QED) is 0.855. The van der Waals surface area contributed by atoms with Crippen molar-refractivity contribution >= 4 is 34.8 Å². The van der Waals surface area contributed by atoms with Gasteiger partial charge in [-0.2, -0.15) is 5.26 Å². The van der Waals surface area contributed by atoms with E-state index in [0.29, 0.717) is 28.4 Å². The van der Waals surface area contributed by atoms with Crippen LogP contribution in [0.2, 0.25) is 5.02 Å².